The van der Waals surface area contributed by atoms with E-state index in [9.17, 15) is 4.79 Å². The summed E-state index contributed by atoms with van der Waals surface area (Å²) in [6.07, 6.45) is 0.895. The fourth-order valence-corrected chi connectivity index (χ4v) is 1.62. The molecule has 0 amide bonds. The van der Waals surface area contributed by atoms with E-state index >= 15 is 0 Å². The minimum Gasteiger partial charge on any atom is -0.480 e. The maximum Gasteiger partial charge on any atom is 0.326 e. The molecule has 0 fully saturated rings. The van der Waals surface area contributed by atoms with E-state index in [1.807, 2.05) is 24.0 Å². The monoisotopic (exact) mass is 222 g/mol. The summed E-state index contributed by atoms with van der Waals surface area (Å²) >= 11 is 0. The van der Waals surface area contributed by atoms with Crippen molar-refractivity contribution in [3.05, 3.63) is 24.3 Å². The number of carboxylic acid groups (broad SMARTS) is 1. The molecule has 1 rings (SSSR count). The van der Waals surface area contributed by atoms with Gasteiger partial charge in [-0.15, -0.1) is 0 Å². The van der Waals surface area contributed by atoms with E-state index in [0.29, 0.717) is 12.2 Å². The number of hydrogen-bond acceptors (Lipinski definition) is 3. The van der Waals surface area contributed by atoms with Gasteiger partial charge in [0.05, 0.1) is 0 Å². The van der Waals surface area contributed by atoms with Crippen LogP contribution in [0.4, 0.5) is 11.4 Å². The van der Waals surface area contributed by atoms with Crippen LogP contribution in [0.25, 0.3) is 0 Å². The van der Waals surface area contributed by atoms with Crippen molar-refractivity contribution in [3.8, 4) is 0 Å². The van der Waals surface area contributed by atoms with Crippen LogP contribution in [0, 0.1) is 0 Å². The Hall–Kier alpha value is -1.71. The highest BCUT2D eigenvalue weighted by atomic mass is 16.4. The first-order valence-electron chi connectivity index (χ1n) is 5.41. The lowest BCUT2D eigenvalue weighted by atomic mass is 10.2. The van der Waals surface area contributed by atoms with E-state index in [0.717, 1.165) is 12.1 Å². The number of benzene rings is 1. The Morgan fingerprint density at radius 1 is 1.56 bits per heavy atom. The molecular weight excluding hydrogens is 204 g/mol. The third-order valence-electron chi connectivity index (χ3n) is 2.49. The second kappa shape index (κ2) is 5.39. The van der Waals surface area contributed by atoms with Crippen molar-refractivity contribution in [2.75, 3.05) is 17.2 Å². The maximum absolute atomic E-state index is 11.0. The second-order valence-electron chi connectivity index (χ2n) is 3.80. The Morgan fingerprint density at radius 2 is 2.25 bits per heavy atom. The van der Waals surface area contributed by atoms with Crippen molar-refractivity contribution in [2.45, 2.75) is 26.3 Å². The number of rotatable bonds is 5. The van der Waals surface area contributed by atoms with Gasteiger partial charge in [-0.05, 0) is 31.5 Å². The van der Waals surface area contributed by atoms with Gasteiger partial charge in [-0.1, -0.05) is 13.0 Å². The zero-order valence-electron chi connectivity index (χ0n) is 9.68. The van der Waals surface area contributed by atoms with Gasteiger partial charge in [0.25, 0.3) is 0 Å². The van der Waals surface area contributed by atoms with Crippen molar-refractivity contribution in [1.29, 1.82) is 0 Å². The van der Waals surface area contributed by atoms with Gasteiger partial charge in [0.1, 0.15) is 6.04 Å². The number of nitrogens with two attached hydrogens (primary N) is 1. The number of hydrogen-bond donors (Lipinski definition) is 2. The van der Waals surface area contributed by atoms with Crippen LogP contribution in [-0.2, 0) is 4.79 Å². The molecule has 4 heteroatoms. The van der Waals surface area contributed by atoms with Gasteiger partial charge in [0.2, 0.25) is 0 Å². The average molecular weight is 222 g/mol. The van der Waals surface area contributed by atoms with Gasteiger partial charge in [-0.25, -0.2) is 4.79 Å². The molecule has 1 atom stereocenters. The molecular formula is C12H18N2O2. The Kier molecular flexibility index (Phi) is 4.17. The molecule has 1 aromatic rings. The zero-order chi connectivity index (χ0) is 12.1. The van der Waals surface area contributed by atoms with Crippen LogP contribution in [0.15, 0.2) is 24.3 Å². The second-order valence-corrected chi connectivity index (χ2v) is 3.80. The normalized spacial score (nSPS) is 12.1. The van der Waals surface area contributed by atoms with Gasteiger partial charge in [0.15, 0.2) is 0 Å². The van der Waals surface area contributed by atoms with Crippen molar-refractivity contribution in [3.63, 3.8) is 0 Å². The van der Waals surface area contributed by atoms with Crippen molar-refractivity contribution < 1.29 is 9.90 Å². The van der Waals surface area contributed by atoms with E-state index in [4.69, 9.17) is 10.8 Å². The maximum atomic E-state index is 11.0. The van der Waals surface area contributed by atoms with Gasteiger partial charge in [-0.3, -0.25) is 0 Å². The smallest absolute Gasteiger partial charge is 0.326 e. The van der Waals surface area contributed by atoms with Crippen molar-refractivity contribution in [2.24, 2.45) is 0 Å². The zero-order valence-corrected chi connectivity index (χ0v) is 9.68. The topological polar surface area (TPSA) is 66.6 Å². The van der Waals surface area contributed by atoms with E-state index < -0.39 is 12.0 Å². The van der Waals surface area contributed by atoms with Gasteiger partial charge >= 0.3 is 5.97 Å². The number of carbonyl (C=O) groups is 1. The van der Waals surface area contributed by atoms with E-state index in [1.54, 1.807) is 19.1 Å². The van der Waals surface area contributed by atoms with Crippen LogP contribution >= 0.6 is 0 Å². The molecule has 0 aliphatic heterocycles. The molecule has 88 valence electrons. The van der Waals surface area contributed by atoms with Crippen LogP contribution in [-0.4, -0.2) is 23.7 Å². The number of nitrogen functional groups attached to an aromatic ring is 1. The lowest BCUT2D eigenvalue weighted by molar-refractivity contribution is -0.138. The highest BCUT2D eigenvalue weighted by Crippen LogP contribution is 2.20. The first-order valence-corrected chi connectivity index (χ1v) is 5.41. The van der Waals surface area contributed by atoms with Crippen LogP contribution in [0.5, 0.6) is 0 Å². The predicted molar refractivity (Wildman–Crippen MR) is 65.6 cm³/mol. The first-order chi connectivity index (χ1) is 7.56. The minimum atomic E-state index is -0.823. The van der Waals surface area contributed by atoms with Crippen LogP contribution in [0.3, 0.4) is 0 Å². The lowest BCUT2D eigenvalue weighted by Gasteiger charge is -2.28. The largest absolute Gasteiger partial charge is 0.480 e. The Balaban J connectivity index is 2.97. The van der Waals surface area contributed by atoms with E-state index in [1.165, 1.54) is 0 Å². The quantitative estimate of drug-likeness (QED) is 0.747. The van der Waals surface area contributed by atoms with Gasteiger partial charge in [0, 0.05) is 17.9 Å². The fraction of sp³-hybridized carbons (Fsp3) is 0.417. The minimum absolute atomic E-state index is 0.540. The fourth-order valence-electron chi connectivity index (χ4n) is 1.62. The summed E-state index contributed by atoms with van der Waals surface area (Å²) in [7, 11) is 0. The van der Waals surface area contributed by atoms with Gasteiger partial charge < -0.3 is 15.7 Å². The Bertz CT molecular complexity index is 366. The number of aliphatic carboxylic acids is 1. The lowest BCUT2D eigenvalue weighted by Crippen LogP contribution is -2.39. The highest BCUT2D eigenvalue weighted by molar-refractivity contribution is 5.78. The molecule has 0 aromatic heterocycles. The summed E-state index contributed by atoms with van der Waals surface area (Å²) < 4.78 is 0. The standard InChI is InChI=1S/C12H18N2O2/c1-3-7-14(9(2)12(15)16)11-6-4-5-10(13)8-11/h4-6,8-9H,3,7,13H2,1-2H3,(H,15,16). The summed E-state index contributed by atoms with van der Waals surface area (Å²) in [5.74, 6) is -0.823. The third kappa shape index (κ3) is 2.89. The predicted octanol–water partition coefficient (Wildman–Crippen LogP) is 1.96. The first kappa shape index (κ1) is 12.4. The molecule has 0 saturated carbocycles. The Labute approximate surface area is 95.7 Å². The molecule has 1 aromatic carbocycles. The van der Waals surface area contributed by atoms with Crippen molar-refractivity contribution >= 4 is 17.3 Å². The molecule has 0 aliphatic rings. The summed E-state index contributed by atoms with van der Waals surface area (Å²) in [6, 6.07) is 6.77. The highest BCUT2D eigenvalue weighted by Gasteiger charge is 2.20. The Morgan fingerprint density at radius 3 is 2.75 bits per heavy atom. The summed E-state index contributed by atoms with van der Waals surface area (Å²) in [6.45, 7) is 4.41. The third-order valence-corrected chi connectivity index (χ3v) is 2.49. The molecule has 0 radical (unpaired) electrons. The SMILES string of the molecule is CCCN(c1cccc(N)c1)C(C)C(=O)O. The summed E-state index contributed by atoms with van der Waals surface area (Å²) in [5, 5.41) is 9.04. The molecule has 0 saturated heterocycles. The molecule has 3 N–H and O–H groups in total. The van der Waals surface area contributed by atoms with Gasteiger partial charge in [-0.2, -0.15) is 0 Å². The number of carboxylic acids is 1. The molecule has 0 spiro atoms. The summed E-state index contributed by atoms with van der Waals surface area (Å²) in [5.41, 5.74) is 7.20. The van der Waals surface area contributed by atoms with Crippen molar-refractivity contribution in [1.82, 2.24) is 0 Å². The van der Waals surface area contributed by atoms with Crippen LogP contribution < -0.4 is 10.6 Å². The molecule has 0 heterocycles. The summed E-state index contributed by atoms with van der Waals surface area (Å²) in [4.78, 5) is 12.8. The molecule has 4 nitrogen and oxygen atoms in total. The number of anilines is 2. The molecule has 0 aliphatic carbocycles. The molecule has 1 unspecified atom stereocenters. The number of nitrogens with zero attached hydrogens (tertiary/aromatic N) is 1. The van der Waals surface area contributed by atoms with Crippen LogP contribution in [0.2, 0.25) is 0 Å². The van der Waals surface area contributed by atoms with Crippen LogP contribution in [0.1, 0.15) is 20.3 Å². The van der Waals surface area contributed by atoms with E-state index in [-0.39, 0.29) is 0 Å². The average Bonchev–Trinajstić information content (AvgIpc) is 2.24. The van der Waals surface area contributed by atoms with E-state index in [2.05, 4.69) is 0 Å². The molecule has 16 heavy (non-hydrogen) atoms. The molecule has 0 bridgehead atoms.